The van der Waals surface area contributed by atoms with Gasteiger partial charge in [0.2, 0.25) is 5.91 Å². The summed E-state index contributed by atoms with van der Waals surface area (Å²) in [6.07, 6.45) is 0.0114. The maximum Gasteiger partial charge on any atom is 0.308 e. The molecule has 1 amide bonds. The average Bonchev–Trinajstić information content (AvgIpc) is 2.52. The highest BCUT2D eigenvalue weighted by Crippen LogP contribution is 2.14. The van der Waals surface area contributed by atoms with Crippen molar-refractivity contribution >= 4 is 22.6 Å². The van der Waals surface area contributed by atoms with E-state index in [-0.39, 0.29) is 24.4 Å². The molecule has 0 radical (unpaired) electrons. The van der Waals surface area contributed by atoms with Crippen LogP contribution in [0, 0.1) is 5.92 Å². The Kier molecular flexibility index (Phi) is 4.78. The number of carboxylic acids is 1. The molecule has 122 valence electrons. The maximum absolute atomic E-state index is 12.3. The van der Waals surface area contributed by atoms with Gasteiger partial charge >= 0.3 is 5.97 Å². The molecule has 2 rings (SSSR count). The van der Waals surface area contributed by atoms with Crippen LogP contribution >= 0.6 is 0 Å². The Bertz CT molecular complexity index is 813. The van der Waals surface area contributed by atoms with Gasteiger partial charge in [-0.25, -0.2) is 4.68 Å². The summed E-state index contributed by atoms with van der Waals surface area (Å²) in [4.78, 5) is 36.6. The molecule has 1 atom stereocenters. The van der Waals surface area contributed by atoms with Gasteiger partial charge in [0.25, 0.3) is 5.56 Å². The molecule has 7 nitrogen and oxygen atoms in total. The van der Waals surface area contributed by atoms with Gasteiger partial charge in [0.05, 0.1) is 23.4 Å². The Morgan fingerprint density at radius 1 is 1.30 bits per heavy atom. The fourth-order valence-corrected chi connectivity index (χ4v) is 2.38. The Hall–Kier alpha value is -2.70. The van der Waals surface area contributed by atoms with Crippen molar-refractivity contribution in [3.63, 3.8) is 0 Å². The number of hydrogen-bond acceptors (Lipinski definition) is 4. The van der Waals surface area contributed by atoms with Crippen molar-refractivity contribution in [1.82, 2.24) is 14.7 Å². The molecule has 0 aliphatic carbocycles. The fraction of sp³-hybridized carbons (Fsp3) is 0.375. The lowest BCUT2D eigenvalue weighted by molar-refractivity contribution is -0.142. The van der Waals surface area contributed by atoms with E-state index < -0.39 is 11.9 Å². The number of aliphatic carboxylic acids is 1. The van der Waals surface area contributed by atoms with Crippen LogP contribution in [0.4, 0.5) is 0 Å². The smallest absolute Gasteiger partial charge is 0.308 e. The number of nitrogens with zero attached hydrogens (tertiary/aromatic N) is 3. The van der Waals surface area contributed by atoms with Gasteiger partial charge < -0.3 is 10.0 Å². The Morgan fingerprint density at radius 2 is 1.91 bits per heavy atom. The number of aryl methyl sites for hydroxylation is 1. The summed E-state index contributed by atoms with van der Waals surface area (Å²) in [6, 6.07) is 7.00. The number of likely N-dealkylation sites (N-methyl/N-ethyl adjacent to an activating group) is 1. The highest BCUT2D eigenvalue weighted by atomic mass is 16.4. The Labute approximate surface area is 133 Å². The quantitative estimate of drug-likeness (QED) is 0.874. The van der Waals surface area contributed by atoms with Crippen LogP contribution in [0.2, 0.25) is 0 Å². The predicted octanol–water partition coefficient (Wildman–Crippen LogP) is 0.655. The van der Waals surface area contributed by atoms with E-state index in [1.165, 1.54) is 9.58 Å². The average molecular weight is 317 g/mol. The molecular formula is C16H19N3O4. The number of fused-ring (bicyclic) bond motifs is 1. The number of aromatic nitrogens is 2. The molecule has 0 saturated heterocycles. The molecule has 23 heavy (non-hydrogen) atoms. The van der Waals surface area contributed by atoms with Gasteiger partial charge in [0.1, 0.15) is 0 Å². The summed E-state index contributed by atoms with van der Waals surface area (Å²) in [7, 11) is 3.10. The van der Waals surface area contributed by atoms with Crippen LogP contribution in [-0.4, -0.2) is 45.3 Å². The molecular weight excluding hydrogens is 298 g/mol. The maximum atomic E-state index is 12.3. The van der Waals surface area contributed by atoms with Crippen LogP contribution in [0.1, 0.15) is 12.6 Å². The molecule has 2 aromatic rings. The predicted molar refractivity (Wildman–Crippen MR) is 85.1 cm³/mol. The van der Waals surface area contributed by atoms with Gasteiger partial charge in [-0.1, -0.05) is 25.1 Å². The zero-order valence-corrected chi connectivity index (χ0v) is 13.3. The van der Waals surface area contributed by atoms with E-state index in [0.29, 0.717) is 16.5 Å². The minimum absolute atomic E-state index is 0.0114. The molecule has 0 aliphatic rings. The number of carbonyl (C=O) groups excluding carboxylic acids is 1. The van der Waals surface area contributed by atoms with Crippen molar-refractivity contribution in [3.8, 4) is 0 Å². The third-order valence-corrected chi connectivity index (χ3v) is 3.75. The first-order valence-corrected chi connectivity index (χ1v) is 7.23. The van der Waals surface area contributed by atoms with E-state index >= 15 is 0 Å². The van der Waals surface area contributed by atoms with Crippen LogP contribution in [0.3, 0.4) is 0 Å². The molecule has 0 bridgehead atoms. The monoisotopic (exact) mass is 317 g/mol. The molecule has 1 aromatic carbocycles. The summed E-state index contributed by atoms with van der Waals surface area (Å²) >= 11 is 0. The molecule has 1 heterocycles. The standard InChI is InChI=1S/C16H19N3O4/c1-10(16(22)23)9-18(2)14(20)8-13-11-6-4-5-7-12(11)15(21)19(3)17-13/h4-7,10H,8-9H2,1-3H3,(H,22,23). The lowest BCUT2D eigenvalue weighted by atomic mass is 10.1. The molecule has 0 fully saturated rings. The summed E-state index contributed by atoms with van der Waals surface area (Å²) in [5, 5.41) is 14.3. The van der Waals surface area contributed by atoms with E-state index in [1.54, 1.807) is 45.3 Å². The topological polar surface area (TPSA) is 92.5 Å². The zero-order chi connectivity index (χ0) is 17.1. The molecule has 1 aromatic heterocycles. The molecule has 1 N–H and O–H groups in total. The first-order chi connectivity index (χ1) is 10.8. The van der Waals surface area contributed by atoms with Gasteiger partial charge in [0, 0.05) is 26.0 Å². The molecule has 0 saturated carbocycles. The number of rotatable bonds is 5. The van der Waals surface area contributed by atoms with E-state index in [9.17, 15) is 14.4 Å². The number of benzene rings is 1. The summed E-state index contributed by atoms with van der Waals surface area (Å²) < 4.78 is 1.21. The van der Waals surface area contributed by atoms with Gasteiger partial charge in [-0.15, -0.1) is 0 Å². The highest BCUT2D eigenvalue weighted by Gasteiger charge is 2.19. The molecule has 0 spiro atoms. The third-order valence-electron chi connectivity index (χ3n) is 3.75. The van der Waals surface area contributed by atoms with Crippen molar-refractivity contribution in [1.29, 1.82) is 0 Å². The number of amides is 1. The second-order valence-electron chi connectivity index (χ2n) is 5.61. The highest BCUT2D eigenvalue weighted by molar-refractivity contribution is 5.88. The first kappa shape index (κ1) is 16.7. The SMILES string of the molecule is CC(CN(C)C(=O)Cc1nn(C)c(=O)c2ccccc12)C(=O)O. The minimum Gasteiger partial charge on any atom is -0.481 e. The molecule has 0 aliphatic heterocycles. The van der Waals surface area contributed by atoms with Gasteiger partial charge in [-0.05, 0) is 6.07 Å². The first-order valence-electron chi connectivity index (χ1n) is 7.23. The van der Waals surface area contributed by atoms with Crippen LogP contribution in [-0.2, 0) is 23.1 Å². The largest absolute Gasteiger partial charge is 0.481 e. The summed E-state index contributed by atoms with van der Waals surface area (Å²) in [6.45, 7) is 1.67. The van der Waals surface area contributed by atoms with Crippen molar-refractivity contribution < 1.29 is 14.7 Å². The third kappa shape index (κ3) is 3.56. The second-order valence-corrected chi connectivity index (χ2v) is 5.61. The summed E-state index contributed by atoms with van der Waals surface area (Å²) in [5.41, 5.74) is 0.284. The van der Waals surface area contributed by atoms with E-state index in [4.69, 9.17) is 5.11 Å². The van der Waals surface area contributed by atoms with E-state index in [2.05, 4.69) is 5.10 Å². The number of carboxylic acid groups (broad SMARTS) is 1. The lowest BCUT2D eigenvalue weighted by Gasteiger charge is -2.19. The van der Waals surface area contributed by atoms with Crippen molar-refractivity contribution in [2.24, 2.45) is 13.0 Å². The lowest BCUT2D eigenvalue weighted by Crippen LogP contribution is -2.35. The van der Waals surface area contributed by atoms with Crippen LogP contribution in [0.5, 0.6) is 0 Å². The van der Waals surface area contributed by atoms with E-state index in [1.807, 2.05) is 0 Å². The van der Waals surface area contributed by atoms with Crippen molar-refractivity contribution in [2.75, 3.05) is 13.6 Å². The zero-order valence-electron chi connectivity index (χ0n) is 13.3. The normalized spacial score (nSPS) is 12.1. The minimum atomic E-state index is -0.949. The van der Waals surface area contributed by atoms with Gasteiger partial charge in [-0.2, -0.15) is 5.10 Å². The second kappa shape index (κ2) is 6.60. The van der Waals surface area contributed by atoms with Crippen LogP contribution in [0.25, 0.3) is 10.8 Å². The molecule has 1 unspecified atom stereocenters. The number of hydrogen-bond donors (Lipinski definition) is 1. The fourth-order valence-electron chi connectivity index (χ4n) is 2.38. The Balaban J connectivity index is 2.28. The Morgan fingerprint density at radius 3 is 2.52 bits per heavy atom. The van der Waals surface area contributed by atoms with Gasteiger partial charge in [0.15, 0.2) is 0 Å². The van der Waals surface area contributed by atoms with E-state index in [0.717, 1.165) is 0 Å². The molecule has 7 heteroatoms. The van der Waals surface area contributed by atoms with Crippen molar-refractivity contribution in [3.05, 3.63) is 40.3 Å². The van der Waals surface area contributed by atoms with Crippen LogP contribution in [0.15, 0.2) is 29.1 Å². The number of carbonyl (C=O) groups is 2. The van der Waals surface area contributed by atoms with Crippen LogP contribution < -0.4 is 5.56 Å². The summed E-state index contributed by atoms with van der Waals surface area (Å²) in [5.74, 6) is -1.83. The van der Waals surface area contributed by atoms with Crippen molar-refractivity contribution in [2.45, 2.75) is 13.3 Å². The van der Waals surface area contributed by atoms with Gasteiger partial charge in [-0.3, -0.25) is 14.4 Å².